The lowest BCUT2D eigenvalue weighted by Gasteiger charge is -2.01. The number of hydroxylamine groups is 1. The average Bonchev–Trinajstić information content (AvgIpc) is 2.68. The molecule has 5 nitrogen and oxygen atoms in total. The summed E-state index contributed by atoms with van der Waals surface area (Å²) in [5.74, 6) is -1.02. The van der Waals surface area contributed by atoms with Crippen LogP contribution in [0.25, 0.3) is 5.70 Å². The van der Waals surface area contributed by atoms with Gasteiger partial charge in [-0.1, -0.05) is 6.07 Å². The van der Waals surface area contributed by atoms with Gasteiger partial charge in [0.05, 0.1) is 11.4 Å². The number of aliphatic carboxylic acids is 1. The van der Waals surface area contributed by atoms with E-state index in [1.807, 2.05) is 6.07 Å². The number of nitrogens with zero attached hydrogens (tertiary/aromatic N) is 1. The second kappa shape index (κ2) is 3.47. The molecule has 1 atom stereocenters. The largest absolute Gasteiger partial charge is 0.479 e. The Hall–Kier alpha value is -1.88. The molecule has 1 aromatic rings. The van der Waals surface area contributed by atoms with E-state index in [1.165, 1.54) is 6.08 Å². The highest BCUT2D eigenvalue weighted by Crippen LogP contribution is 2.15. The van der Waals surface area contributed by atoms with Crippen LogP contribution < -0.4 is 5.48 Å². The van der Waals surface area contributed by atoms with Crippen LogP contribution in [0.2, 0.25) is 0 Å². The van der Waals surface area contributed by atoms with Crippen molar-refractivity contribution >= 4 is 11.7 Å². The molecule has 0 bridgehead atoms. The normalized spacial score (nSPS) is 20.0. The molecule has 0 spiro atoms. The Balaban J connectivity index is 2.22. The molecule has 14 heavy (non-hydrogen) atoms. The van der Waals surface area contributed by atoms with E-state index in [2.05, 4.69) is 10.5 Å². The Morgan fingerprint density at radius 2 is 2.43 bits per heavy atom. The molecule has 1 aromatic heterocycles. The Bertz CT molecular complexity index is 375. The first-order valence-electron chi connectivity index (χ1n) is 4.05. The van der Waals surface area contributed by atoms with Crippen LogP contribution in [0.5, 0.6) is 0 Å². The number of hydrogen-bond donors (Lipinski definition) is 2. The third-order valence-corrected chi connectivity index (χ3v) is 1.80. The Labute approximate surface area is 80.0 Å². The van der Waals surface area contributed by atoms with Crippen molar-refractivity contribution in [2.24, 2.45) is 0 Å². The van der Waals surface area contributed by atoms with E-state index in [4.69, 9.17) is 9.94 Å². The van der Waals surface area contributed by atoms with Crippen molar-refractivity contribution in [1.82, 2.24) is 10.5 Å². The maximum atomic E-state index is 10.5. The van der Waals surface area contributed by atoms with Crippen LogP contribution >= 0.6 is 0 Å². The average molecular weight is 192 g/mol. The van der Waals surface area contributed by atoms with Crippen molar-refractivity contribution in [3.05, 3.63) is 36.2 Å². The van der Waals surface area contributed by atoms with Gasteiger partial charge in [-0.05, 0) is 18.2 Å². The third-order valence-electron chi connectivity index (χ3n) is 1.80. The van der Waals surface area contributed by atoms with Gasteiger partial charge in [0.1, 0.15) is 0 Å². The summed E-state index contributed by atoms with van der Waals surface area (Å²) >= 11 is 0. The van der Waals surface area contributed by atoms with Crippen molar-refractivity contribution in [3.8, 4) is 0 Å². The monoisotopic (exact) mass is 192 g/mol. The molecule has 1 aliphatic heterocycles. The number of carbonyl (C=O) groups is 1. The van der Waals surface area contributed by atoms with E-state index in [9.17, 15) is 4.79 Å². The zero-order valence-corrected chi connectivity index (χ0v) is 7.18. The molecule has 2 N–H and O–H groups in total. The third kappa shape index (κ3) is 1.57. The second-order valence-electron chi connectivity index (χ2n) is 2.77. The van der Waals surface area contributed by atoms with Gasteiger partial charge in [0.15, 0.2) is 0 Å². The molecular formula is C9H8N2O3. The lowest BCUT2D eigenvalue weighted by atomic mass is 10.2. The van der Waals surface area contributed by atoms with Crippen LogP contribution in [0.15, 0.2) is 30.5 Å². The smallest absolute Gasteiger partial charge is 0.339 e. The van der Waals surface area contributed by atoms with Crippen LogP contribution in [0.4, 0.5) is 0 Å². The summed E-state index contributed by atoms with van der Waals surface area (Å²) in [4.78, 5) is 19.4. The molecule has 1 aliphatic rings. The predicted molar refractivity (Wildman–Crippen MR) is 47.9 cm³/mol. The number of aromatic nitrogens is 1. The van der Waals surface area contributed by atoms with Gasteiger partial charge in [0, 0.05) is 6.20 Å². The van der Waals surface area contributed by atoms with E-state index in [0.29, 0.717) is 11.4 Å². The van der Waals surface area contributed by atoms with Crippen LogP contribution in [0, 0.1) is 0 Å². The van der Waals surface area contributed by atoms with E-state index in [1.54, 1.807) is 18.3 Å². The molecule has 0 aromatic carbocycles. The molecule has 0 radical (unpaired) electrons. The molecule has 72 valence electrons. The zero-order valence-electron chi connectivity index (χ0n) is 7.18. The van der Waals surface area contributed by atoms with Crippen LogP contribution in [-0.4, -0.2) is 22.2 Å². The highest BCUT2D eigenvalue weighted by Gasteiger charge is 2.23. The molecule has 2 heterocycles. The van der Waals surface area contributed by atoms with E-state index in [0.717, 1.165) is 0 Å². The minimum Gasteiger partial charge on any atom is -0.479 e. The quantitative estimate of drug-likeness (QED) is 0.710. The number of carboxylic acids is 1. The molecule has 0 aliphatic carbocycles. The summed E-state index contributed by atoms with van der Waals surface area (Å²) in [6, 6.07) is 5.37. The van der Waals surface area contributed by atoms with Crippen LogP contribution in [0.3, 0.4) is 0 Å². The van der Waals surface area contributed by atoms with Gasteiger partial charge in [-0.15, -0.1) is 0 Å². The summed E-state index contributed by atoms with van der Waals surface area (Å²) in [5.41, 5.74) is 3.77. The first kappa shape index (κ1) is 8.71. The van der Waals surface area contributed by atoms with Gasteiger partial charge in [-0.25, -0.2) is 4.79 Å². The fraction of sp³-hybridized carbons (Fsp3) is 0.111. The number of carboxylic acid groups (broad SMARTS) is 1. The number of rotatable bonds is 2. The molecular weight excluding hydrogens is 184 g/mol. The Kier molecular flexibility index (Phi) is 2.16. The van der Waals surface area contributed by atoms with E-state index < -0.39 is 12.1 Å². The summed E-state index contributed by atoms with van der Waals surface area (Å²) < 4.78 is 0. The minimum atomic E-state index is -1.02. The highest BCUT2D eigenvalue weighted by atomic mass is 16.7. The van der Waals surface area contributed by atoms with Crippen molar-refractivity contribution in [3.63, 3.8) is 0 Å². The molecule has 2 rings (SSSR count). The summed E-state index contributed by atoms with van der Waals surface area (Å²) in [7, 11) is 0. The lowest BCUT2D eigenvalue weighted by Crippen LogP contribution is -2.21. The number of nitrogens with one attached hydrogen (secondary N) is 1. The van der Waals surface area contributed by atoms with Crippen molar-refractivity contribution in [2.75, 3.05) is 0 Å². The highest BCUT2D eigenvalue weighted by molar-refractivity contribution is 5.79. The summed E-state index contributed by atoms with van der Waals surface area (Å²) in [6.45, 7) is 0. The van der Waals surface area contributed by atoms with Crippen LogP contribution in [-0.2, 0) is 9.63 Å². The van der Waals surface area contributed by atoms with E-state index in [-0.39, 0.29) is 0 Å². The summed E-state index contributed by atoms with van der Waals surface area (Å²) in [5, 5.41) is 8.65. The van der Waals surface area contributed by atoms with Gasteiger partial charge in [0.2, 0.25) is 6.10 Å². The van der Waals surface area contributed by atoms with Gasteiger partial charge in [-0.3, -0.25) is 15.3 Å². The standard InChI is InChI=1S/C9H8N2O3/c12-9(13)8-5-7(11-14-8)6-3-1-2-4-10-6/h1-5,8,11H,(H,12,13). The van der Waals surface area contributed by atoms with Crippen molar-refractivity contribution < 1.29 is 14.7 Å². The molecule has 1 unspecified atom stereocenters. The number of pyridine rings is 1. The van der Waals surface area contributed by atoms with E-state index >= 15 is 0 Å². The maximum Gasteiger partial charge on any atom is 0.339 e. The fourth-order valence-electron chi connectivity index (χ4n) is 1.13. The molecule has 0 saturated carbocycles. The van der Waals surface area contributed by atoms with Gasteiger partial charge in [-0.2, -0.15) is 0 Å². The van der Waals surface area contributed by atoms with Gasteiger partial charge >= 0.3 is 5.97 Å². The topological polar surface area (TPSA) is 71.5 Å². The van der Waals surface area contributed by atoms with Crippen molar-refractivity contribution in [2.45, 2.75) is 6.10 Å². The Morgan fingerprint density at radius 1 is 1.57 bits per heavy atom. The molecule has 0 amide bonds. The van der Waals surface area contributed by atoms with Crippen molar-refractivity contribution in [1.29, 1.82) is 0 Å². The predicted octanol–water partition coefficient (Wildman–Crippen LogP) is 0.410. The van der Waals surface area contributed by atoms with Crippen LogP contribution in [0.1, 0.15) is 5.69 Å². The summed E-state index contributed by atoms with van der Waals surface area (Å²) in [6.07, 6.45) is 2.17. The first-order chi connectivity index (χ1) is 6.77. The molecule has 0 fully saturated rings. The molecule has 0 saturated heterocycles. The fourth-order valence-corrected chi connectivity index (χ4v) is 1.13. The SMILES string of the molecule is O=C(O)C1C=C(c2ccccn2)NO1. The van der Waals surface area contributed by atoms with Gasteiger partial charge in [0.25, 0.3) is 0 Å². The maximum absolute atomic E-state index is 10.5. The molecule has 5 heteroatoms. The minimum absolute atomic E-state index is 0.581. The Morgan fingerprint density at radius 3 is 3.00 bits per heavy atom. The number of hydrogen-bond acceptors (Lipinski definition) is 4. The second-order valence-corrected chi connectivity index (χ2v) is 2.77. The first-order valence-corrected chi connectivity index (χ1v) is 4.05. The van der Waals surface area contributed by atoms with Gasteiger partial charge < -0.3 is 5.11 Å². The zero-order chi connectivity index (χ0) is 9.97. The lowest BCUT2D eigenvalue weighted by molar-refractivity contribution is -0.148.